The van der Waals surface area contributed by atoms with E-state index in [9.17, 15) is 27.6 Å². The van der Waals surface area contributed by atoms with E-state index in [0.29, 0.717) is 51.2 Å². The van der Waals surface area contributed by atoms with Crippen molar-refractivity contribution in [3.8, 4) is 0 Å². The van der Waals surface area contributed by atoms with Gasteiger partial charge in [0.2, 0.25) is 5.91 Å². The van der Waals surface area contributed by atoms with Gasteiger partial charge in [0, 0.05) is 31.8 Å². The van der Waals surface area contributed by atoms with E-state index in [1.807, 2.05) is 0 Å². The number of amides is 2. The molecule has 1 N–H and O–H groups in total. The minimum absolute atomic E-state index is 0.307. The number of alkyl halides is 3. The van der Waals surface area contributed by atoms with Gasteiger partial charge in [-0.05, 0) is 18.9 Å². The number of halogens is 3. The van der Waals surface area contributed by atoms with Gasteiger partial charge in [-0.25, -0.2) is 4.79 Å². The molecule has 26 heavy (non-hydrogen) atoms. The molecule has 3 heterocycles. The SMILES string of the molecule is O=C1NC[C@]2(CCCN(C(=O)Cn3cc(C(F)(F)F)ccc3=O)CC2)O1. The Bertz CT molecular complexity index is 777. The van der Waals surface area contributed by atoms with Crippen LogP contribution in [0.15, 0.2) is 23.1 Å². The summed E-state index contributed by atoms with van der Waals surface area (Å²) in [5, 5.41) is 2.60. The Morgan fingerprint density at radius 1 is 1.23 bits per heavy atom. The second kappa shape index (κ2) is 6.65. The molecule has 0 radical (unpaired) electrons. The van der Waals surface area contributed by atoms with Gasteiger partial charge in [-0.15, -0.1) is 0 Å². The van der Waals surface area contributed by atoms with Gasteiger partial charge >= 0.3 is 12.3 Å². The average Bonchev–Trinajstić information content (AvgIpc) is 2.79. The van der Waals surface area contributed by atoms with Gasteiger partial charge in [-0.3, -0.25) is 9.59 Å². The summed E-state index contributed by atoms with van der Waals surface area (Å²) in [5.41, 5.74) is -2.30. The maximum Gasteiger partial charge on any atom is 0.417 e. The Kier molecular flexibility index (Phi) is 4.68. The number of hydrogen-bond acceptors (Lipinski definition) is 4. The standard InChI is InChI=1S/C16H18F3N3O4/c17-16(18,19)11-2-3-12(23)22(8-11)9-13(24)21-6-1-4-15(5-7-21)10-20-14(25)26-15/h2-3,8H,1,4-7,9-10H2,(H,20,25)/t15-/m1/s1. The predicted molar refractivity (Wildman–Crippen MR) is 83.3 cm³/mol. The zero-order chi connectivity index (χ0) is 18.9. The van der Waals surface area contributed by atoms with Crippen molar-refractivity contribution >= 4 is 12.0 Å². The van der Waals surface area contributed by atoms with Crippen molar-refractivity contribution in [3.05, 3.63) is 34.2 Å². The second-order valence-electron chi connectivity index (χ2n) is 6.54. The monoisotopic (exact) mass is 373 g/mol. The lowest BCUT2D eigenvalue weighted by atomic mass is 9.95. The van der Waals surface area contributed by atoms with Crippen molar-refractivity contribution in [2.75, 3.05) is 19.6 Å². The molecule has 1 atom stereocenters. The van der Waals surface area contributed by atoms with Crippen LogP contribution in [0.3, 0.4) is 0 Å². The van der Waals surface area contributed by atoms with E-state index >= 15 is 0 Å². The van der Waals surface area contributed by atoms with Crippen LogP contribution in [0.1, 0.15) is 24.8 Å². The smallest absolute Gasteiger partial charge is 0.417 e. The van der Waals surface area contributed by atoms with E-state index in [1.165, 1.54) is 4.90 Å². The number of hydrogen-bond donors (Lipinski definition) is 1. The molecule has 0 saturated carbocycles. The van der Waals surface area contributed by atoms with E-state index in [2.05, 4.69) is 5.32 Å². The van der Waals surface area contributed by atoms with E-state index in [-0.39, 0.29) is 0 Å². The Morgan fingerprint density at radius 2 is 2.00 bits per heavy atom. The van der Waals surface area contributed by atoms with Crippen molar-refractivity contribution < 1.29 is 27.5 Å². The van der Waals surface area contributed by atoms with Crippen LogP contribution in [-0.2, 0) is 22.3 Å². The zero-order valence-corrected chi connectivity index (χ0v) is 13.8. The number of pyridine rings is 1. The number of rotatable bonds is 2. The zero-order valence-electron chi connectivity index (χ0n) is 13.8. The maximum absolute atomic E-state index is 12.8. The number of ether oxygens (including phenoxy) is 1. The van der Waals surface area contributed by atoms with Crippen LogP contribution in [0.2, 0.25) is 0 Å². The van der Waals surface area contributed by atoms with Crippen LogP contribution >= 0.6 is 0 Å². The number of carbonyl (C=O) groups excluding carboxylic acids is 2. The van der Waals surface area contributed by atoms with Gasteiger partial charge in [-0.2, -0.15) is 13.2 Å². The largest absolute Gasteiger partial charge is 0.441 e. The summed E-state index contributed by atoms with van der Waals surface area (Å²) in [6, 6.07) is 1.50. The fourth-order valence-corrected chi connectivity index (χ4v) is 3.27. The van der Waals surface area contributed by atoms with E-state index < -0.39 is 41.4 Å². The Morgan fingerprint density at radius 3 is 2.65 bits per heavy atom. The van der Waals surface area contributed by atoms with Gasteiger partial charge in [0.25, 0.3) is 5.56 Å². The topological polar surface area (TPSA) is 80.6 Å². The molecule has 0 unspecified atom stereocenters. The molecule has 0 bridgehead atoms. The molecule has 1 spiro atoms. The summed E-state index contributed by atoms with van der Waals surface area (Å²) in [5.74, 6) is -0.444. The van der Waals surface area contributed by atoms with E-state index in [1.54, 1.807) is 0 Å². The second-order valence-corrected chi connectivity index (χ2v) is 6.54. The van der Waals surface area contributed by atoms with Crippen LogP contribution in [0, 0.1) is 0 Å². The third-order valence-corrected chi connectivity index (χ3v) is 4.73. The van der Waals surface area contributed by atoms with Crippen molar-refractivity contribution in [1.29, 1.82) is 0 Å². The molecule has 10 heteroatoms. The molecular weight excluding hydrogens is 355 g/mol. The molecule has 2 amide bonds. The van der Waals surface area contributed by atoms with Gasteiger partial charge in [0.05, 0.1) is 12.1 Å². The van der Waals surface area contributed by atoms with E-state index in [4.69, 9.17) is 4.74 Å². The summed E-state index contributed by atoms with van der Waals surface area (Å²) in [4.78, 5) is 37.0. The molecule has 2 aliphatic heterocycles. The third kappa shape index (κ3) is 3.83. The summed E-state index contributed by atoms with van der Waals surface area (Å²) < 4.78 is 44.5. The van der Waals surface area contributed by atoms with Crippen LogP contribution < -0.4 is 10.9 Å². The van der Waals surface area contributed by atoms with Crippen LogP contribution in [0.5, 0.6) is 0 Å². The van der Waals surface area contributed by atoms with Crippen LogP contribution in [0.25, 0.3) is 0 Å². The lowest BCUT2D eigenvalue weighted by Gasteiger charge is -2.25. The summed E-state index contributed by atoms with van der Waals surface area (Å²) in [6.45, 7) is 0.613. The number of aromatic nitrogens is 1. The Balaban J connectivity index is 1.69. The van der Waals surface area contributed by atoms with Crippen LogP contribution in [-0.4, -0.2) is 46.7 Å². The lowest BCUT2D eigenvalue weighted by molar-refractivity contribution is -0.138. The minimum Gasteiger partial charge on any atom is -0.441 e. The fourth-order valence-electron chi connectivity index (χ4n) is 3.27. The quantitative estimate of drug-likeness (QED) is 0.849. The molecule has 0 aliphatic carbocycles. The molecule has 2 aliphatic rings. The lowest BCUT2D eigenvalue weighted by Crippen LogP contribution is -2.39. The van der Waals surface area contributed by atoms with Gasteiger partial charge < -0.3 is 19.5 Å². The molecule has 2 fully saturated rings. The van der Waals surface area contributed by atoms with Gasteiger partial charge in [0.15, 0.2) is 0 Å². The highest BCUT2D eigenvalue weighted by molar-refractivity contribution is 5.76. The van der Waals surface area contributed by atoms with Crippen molar-refractivity contribution in [2.24, 2.45) is 0 Å². The number of carbonyl (C=O) groups is 2. The first-order valence-electron chi connectivity index (χ1n) is 8.21. The maximum atomic E-state index is 12.8. The highest BCUT2D eigenvalue weighted by atomic mass is 19.4. The molecule has 7 nitrogen and oxygen atoms in total. The molecule has 2 saturated heterocycles. The van der Waals surface area contributed by atoms with E-state index in [0.717, 1.165) is 10.6 Å². The Hall–Kier alpha value is -2.52. The average molecular weight is 373 g/mol. The first-order chi connectivity index (χ1) is 12.2. The summed E-state index contributed by atoms with van der Waals surface area (Å²) in [6.07, 6.45) is -2.79. The summed E-state index contributed by atoms with van der Waals surface area (Å²) >= 11 is 0. The van der Waals surface area contributed by atoms with Crippen molar-refractivity contribution in [3.63, 3.8) is 0 Å². The molecule has 1 aromatic heterocycles. The molecule has 1 aromatic rings. The molecular formula is C16H18F3N3O4. The van der Waals surface area contributed by atoms with Gasteiger partial charge in [0.1, 0.15) is 12.1 Å². The third-order valence-electron chi connectivity index (χ3n) is 4.73. The fraction of sp³-hybridized carbons (Fsp3) is 0.562. The first kappa shape index (κ1) is 18.3. The number of alkyl carbamates (subject to hydrolysis) is 1. The molecule has 3 rings (SSSR count). The van der Waals surface area contributed by atoms with Gasteiger partial charge in [-0.1, -0.05) is 0 Å². The number of likely N-dealkylation sites (tertiary alicyclic amines) is 1. The van der Waals surface area contributed by atoms with Crippen LogP contribution in [0.4, 0.5) is 18.0 Å². The summed E-state index contributed by atoms with van der Waals surface area (Å²) in [7, 11) is 0. The molecule has 0 aromatic carbocycles. The predicted octanol–water partition coefficient (Wildman–Crippen LogP) is 1.36. The normalized spacial score (nSPS) is 23.5. The minimum atomic E-state index is -4.59. The Labute approximate surface area is 146 Å². The van der Waals surface area contributed by atoms with Crippen molar-refractivity contribution in [2.45, 2.75) is 37.6 Å². The van der Waals surface area contributed by atoms with Crippen molar-refractivity contribution in [1.82, 2.24) is 14.8 Å². The first-order valence-corrected chi connectivity index (χ1v) is 8.21. The molecule has 142 valence electrons. The number of nitrogens with zero attached hydrogens (tertiary/aromatic N) is 2. The highest BCUT2D eigenvalue weighted by Gasteiger charge is 2.41. The number of nitrogens with one attached hydrogen (secondary N) is 1. The highest BCUT2D eigenvalue weighted by Crippen LogP contribution is 2.30.